The van der Waals surface area contributed by atoms with Crippen LogP contribution in [0.3, 0.4) is 0 Å². The Labute approximate surface area is 194 Å². The smallest absolute Gasteiger partial charge is 0.245 e. The summed E-state index contributed by atoms with van der Waals surface area (Å²) in [7, 11) is 1.65. The van der Waals surface area contributed by atoms with E-state index < -0.39 is 6.04 Å². The van der Waals surface area contributed by atoms with Crippen molar-refractivity contribution in [3.8, 4) is 16.9 Å². The third-order valence-electron chi connectivity index (χ3n) is 6.60. The van der Waals surface area contributed by atoms with E-state index in [2.05, 4.69) is 17.4 Å². The van der Waals surface area contributed by atoms with Crippen LogP contribution in [0.15, 0.2) is 48.5 Å². The predicted molar refractivity (Wildman–Crippen MR) is 126 cm³/mol. The van der Waals surface area contributed by atoms with E-state index in [4.69, 9.17) is 4.74 Å². The highest BCUT2D eigenvalue weighted by molar-refractivity contribution is 5.89. The number of amides is 3. The molecule has 1 N–H and O–H groups in total. The van der Waals surface area contributed by atoms with Crippen LogP contribution in [0.5, 0.6) is 5.75 Å². The van der Waals surface area contributed by atoms with Crippen LogP contribution in [-0.2, 0) is 20.8 Å². The van der Waals surface area contributed by atoms with Crippen LogP contribution in [0.2, 0.25) is 0 Å². The van der Waals surface area contributed by atoms with Gasteiger partial charge < -0.3 is 19.9 Å². The molecule has 2 aromatic rings. The van der Waals surface area contributed by atoms with Gasteiger partial charge in [0.05, 0.1) is 13.0 Å². The summed E-state index contributed by atoms with van der Waals surface area (Å²) in [6, 6.07) is 15.6. The SMILES string of the molecule is COc1ccc(-c2ccc(C[C@@H]3CN(C(=O)[C@H](C)N4CCCC4=O)CCNC3=O)cc2)cc1. The van der Waals surface area contributed by atoms with Gasteiger partial charge >= 0.3 is 0 Å². The number of ether oxygens (including phenoxy) is 1. The van der Waals surface area contributed by atoms with E-state index in [0.29, 0.717) is 39.0 Å². The van der Waals surface area contributed by atoms with Gasteiger partial charge in [-0.25, -0.2) is 0 Å². The third kappa shape index (κ3) is 5.18. The first-order chi connectivity index (χ1) is 16.0. The van der Waals surface area contributed by atoms with Crippen molar-refractivity contribution in [3.63, 3.8) is 0 Å². The Bertz CT molecular complexity index is 1000. The fraction of sp³-hybridized carbons (Fsp3) is 0.423. The minimum Gasteiger partial charge on any atom is -0.497 e. The summed E-state index contributed by atoms with van der Waals surface area (Å²) in [5.74, 6) is 0.409. The molecule has 174 valence electrons. The number of likely N-dealkylation sites (tertiary alicyclic amines) is 1. The van der Waals surface area contributed by atoms with Gasteiger partial charge in [-0.3, -0.25) is 14.4 Å². The van der Waals surface area contributed by atoms with Crippen LogP contribution in [0, 0.1) is 5.92 Å². The topological polar surface area (TPSA) is 79.0 Å². The van der Waals surface area contributed by atoms with Gasteiger partial charge in [-0.05, 0) is 48.6 Å². The van der Waals surface area contributed by atoms with Gasteiger partial charge in [0, 0.05) is 32.6 Å². The number of hydrogen-bond donors (Lipinski definition) is 1. The maximum absolute atomic E-state index is 13.1. The number of carbonyl (C=O) groups is 3. The van der Waals surface area contributed by atoms with Crippen LogP contribution in [0.25, 0.3) is 11.1 Å². The first kappa shape index (κ1) is 22.8. The second kappa shape index (κ2) is 10.1. The number of hydrogen-bond acceptors (Lipinski definition) is 4. The first-order valence-corrected chi connectivity index (χ1v) is 11.6. The molecule has 0 aliphatic carbocycles. The van der Waals surface area contributed by atoms with Crippen molar-refractivity contribution in [1.29, 1.82) is 0 Å². The van der Waals surface area contributed by atoms with E-state index in [1.807, 2.05) is 36.4 Å². The third-order valence-corrected chi connectivity index (χ3v) is 6.60. The van der Waals surface area contributed by atoms with Crippen molar-refractivity contribution in [2.75, 3.05) is 33.3 Å². The van der Waals surface area contributed by atoms with Gasteiger partial charge in [0.1, 0.15) is 11.8 Å². The summed E-state index contributed by atoms with van der Waals surface area (Å²) >= 11 is 0. The molecule has 33 heavy (non-hydrogen) atoms. The average Bonchev–Trinajstić information content (AvgIpc) is 3.19. The maximum Gasteiger partial charge on any atom is 0.245 e. The molecule has 2 saturated heterocycles. The molecule has 0 bridgehead atoms. The lowest BCUT2D eigenvalue weighted by Crippen LogP contribution is -2.49. The Morgan fingerprint density at radius 1 is 1.06 bits per heavy atom. The zero-order valence-electron chi connectivity index (χ0n) is 19.3. The van der Waals surface area contributed by atoms with Gasteiger partial charge in [-0.15, -0.1) is 0 Å². The number of methoxy groups -OCH3 is 1. The molecule has 2 fully saturated rings. The highest BCUT2D eigenvalue weighted by Crippen LogP contribution is 2.24. The molecular weight excluding hydrogens is 418 g/mol. The summed E-state index contributed by atoms with van der Waals surface area (Å²) in [6.07, 6.45) is 1.86. The summed E-state index contributed by atoms with van der Waals surface area (Å²) < 4.78 is 5.22. The maximum atomic E-state index is 13.1. The normalized spacial score (nSPS) is 19.8. The van der Waals surface area contributed by atoms with Crippen LogP contribution < -0.4 is 10.1 Å². The fourth-order valence-electron chi connectivity index (χ4n) is 4.63. The molecule has 0 spiro atoms. The van der Waals surface area contributed by atoms with Crippen LogP contribution in [-0.4, -0.2) is 66.9 Å². The van der Waals surface area contributed by atoms with E-state index in [1.54, 1.807) is 23.8 Å². The molecule has 2 heterocycles. The first-order valence-electron chi connectivity index (χ1n) is 11.6. The van der Waals surface area contributed by atoms with E-state index >= 15 is 0 Å². The number of nitrogens with one attached hydrogen (secondary N) is 1. The Balaban J connectivity index is 1.43. The largest absolute Gasteiger partial charge is 0.497 e. The molecule has 2 aromatic carbocycles. The Morgan fingerprint density at radius 3 is 2.33 bits per heavy atom. The number of benzene rings is 2. The molecule has 3 amide bonds. The fourth-order valence-corrected chi connectivity index (χ4v) is 4.63. The van der Waals surface area contributed by atoms with Crippen molar-refractivity contribution in [2.24, 2.45) is 5.92 Å². The molecule has 4 rings (SSSR count). The number of rotatable bonds is 6. The van der Waals surface area contributed by atoms with Crippen molar-refractivity contribution in [2.45, 2.75) is 32.2 Å². The monoisotopic (exact) mass is 449 g/mol. The molecule has 2 atom stereocenters. The molecule has 0 saturated carbocycles. The molecule has 0 aromatic heterocycles. The summed E-state index contributed by atoms with van der Waals surface area (Å²) in [4.78, 5) is 41.3. The lowest BCUT2D eigenvalue weighted by atomic mass is 9.96. The number of carbonyl (C=O) groups excluding carboxylic acids is 3. The van der Waals surface area contributed by atoms with E-state index in [0.717, 1.165) is 28.9 Å². The van der Waals surface area contributed by atoms with Crippen molar-refractivity contribution < 1.29 is 19.1 Å². The molecule has 7 nitrogen and oxygen atoms in total. The standard InChI is InChI=1S/C26H31N3O4/c1-18(29-14-3-4-24(29)30)26(32)28-15-13-27-25(31)22(17-28)16-19-5-7-20(8-6-19)21-9-11-23(33-2)12-10-21/h5-12,18,22H,3-4,13-17H2,1-2H3,(H,27,31)/t18-,22+/m0/s1. The zero-order valence-corrected chi connectivity index (χ0v) is 19.3. The highest BCUT2D eigenvalue weighted by atomic mass is 16.5. The van der Waals surface area contributed by atoms with Crippen LogP contribution >= 0.6 is 0 Å². The summed E-state index contributed by atoms with van der Waals surface area (Å²) in [6.45, 7) is 3.67. The molecule has 0 unspecified atom stereocenters. The zero-order chi connectivity index (χ0) is 23.4. The molecule has 2 aliphatic heterocycles. The van der Waals surface area contributed by atoms with Gasteiger partial charge in [0.15, 0.2) is 0 Å². The second-order valence-electron chi connectivity index (χ2n) is 8.77. The lowest BCUT2D eigenvalue weighted by molar-refractivity contribution is -0.143. The van der Waals surface area contributed by atoms with Gasteiger partial charge in [-0.2, -0.15) is 0 Å². The highest BCUT2D eigenvalue weighted by Gasteiger charge is 2.34. The van der Waals surface area contributed by atoms with Gasteiger partial charge in [-0.1, -0.05) is 36.4 Å². The minimum atomic E-state index is -0.488. The Hall–Kier alpha value is -3.35. The summed E-state index contributed by atoms with van der Waals surface area (Å²) in [5, 5.41) is 2.94. The van der Waals surface area contributed by atoms with E-state index in [-0.39, 0.29) is 23.6 Å². The lowest BCUT2D eigenvalue weighted by Gasteiger charge is -2.30. The minimum absolute atomic E-state index is 0.0329. The predicted octanol–water partition coefficient (Wildman–Crippen LogP) is 2.49. The van der Waals surface area contributed by atoms with Crippen LogP contribution in [0.4, 0.5) is 0 Å². The van der Waals surface area contributed by atoms with Crippen molar-refractivity contribution in [1.82, 2.24) is 15.1 Å². The molecule has 2 aliphatic rings. The molecule has 7 heteroatoms. The van der Waals surface area contributed by atoms with Crippen molar-refractivity contribution in [3.05, 3.63) is 54.1 Å². The van der Waals surface area contributed by atoms with E-state index in [9.17, 15) is 14.4 Å². The quantitative estimate of drug-likeness (QED) is 0.735. The van der Waals surface area contributed by atoms with Gasteiger partial charge in [0.25, 0.3) is 0 Å². The Morgan fingerprint density at radius 2 is 1.73 bits per heavy atom. The van der Waals surface area contributed by atoms with Crippen molar-refractivity contribution >= 4 is 17.7 Å². The van der Waals surface area contributed by atoms with E-state index in [1.165, 1.54) is 0 Å². The average molecular weight is 450 g/mol. The summed E-state index contributed by atoms with van der Waals surface area (Å²) in [5.41, 5.74) is 3.23. The molecule has 0 radical (unpaired) electrons. The number of nitrogens with zero attached hydrogens (tertiary/aromatic N) is 2. The van der Waals surface area contributed by atoms with Crippen LogP contribution in [0.1, 0.15) is 25.3 Å². The molecular formula is C26H31N3O4. The van der Waals surface area contributed by atoms with Gasteiger partial charge in [0.2, 0.25) is 17.7 Å². The Kier molecular flexibility index (Phi) is 6.96. The second-order valence-corrected chi connectivity index (χ2v) is 8.77.